The van der Waals surface area contributed by atoms with E-state index in [2.05, 4.69) is 12.2 Å². The van der Waals surface area contributed by atoms with Crippen LogP contribution in [0.1, 0.15) is 31.9 Å². The molecule has 2 rings (SSSR count). The lowest BCUT2D eigenvalue weighted by Crippen LogP contribution is -2.29. The average molecular weight is 306 g/mol. The summed E-state index contributed by atoms with van der Waals surface area (Å²) in [6.07, 6.45) is 0.790. The van der Waals surface area contributed by atoms with Crippen LogP contribution >= 0.6 is 23.1 Å². The summed E-state index contributed by atoms with van der Waals surface area (Å²) in [5.41, 5.74) is 0.863. The molecule has 0 aromatic carbocycles. The minimum atomic E-state index is -3.67. The van der Waals surface area contributed by atoms with Gasteiger partial charge in [-0.05, 0) is 12.5 Å². The van der Waals surface area contributed by atoms with Crippen molar-refractivity contribution in [3.05, 3.63) is 11.6 Å². The van der Waals surface area contributed by atoms with Crippen LogP contribution in [0, 0.1) is 0 Å². The Balaban J connectivity index is 2.42. The molecule has 5 nitrogen and oxygen atoms in total. The molecule has 0 saturated heterocycles. The van der Waals surface area contributed by atoms with Crippen molar-refractivity contribution in [2.24, 2.45) is 5.14 Å². The number of hydrogen-bond acceptors (Lipinski definition) is 5. The van der Waals surface area contributed by atoms with Gasteiger partial charge in [0.25, 0.3) is 0 Å². The number of rotatable bonds is 2. The molecule has 0 saturated carbocycles. The highest BCUT2D eigenvalue weighted by Gasteiger charge is 2.30. The van der Waals surface area contributed by atoms with Crippen molar-refractivity contribution in [2.75, 3.05) is 0 Å². The van der Waals surface area contributed by atoms with Gasteiger partial charge in [-0.25, -0.2) is 13.6 Å². The van der Waals surface area contributed by atoms with Gasteiger partial charge >= 0.3 is 0 Å². The van der Waals surface area contributed by atoms with Crippen molar-refractivity contribution >= 4 is 39.0 Å². The molecule has 2 atom stereocenters. The van der Waals surface area contributed by atoms with E-state index >= 15 is 0 Å². The van der Waals surface area contributed by atoms with Crippen LogP contribution in [0.3, 0.4) is 0 Å². The van der Waals surface area contributed by atoms with E-state index in [4.69, 9.17) is 5.14 Å². The predicted molar refractivity (Wildman–Crippen MR) is 72.2 cm³/mol. The number of nitrogens with one attached hydrogen (secondary N) is 1. The van der Waals surface area contributed by atoms with Gasteiger partial charge < -0.3 is 5.32 Å². The molecule has 1 aliphatic rings. The van der Waals surface area contributed by atoms with E-state index in [9.17, 15) is 13.2 Å². The van der Waals surface area contributed by atoms with Crippen LogP contribution in [0.4, 0.5) is 0 Å². The summed E-state index contributed by atoms with van der Waals surface area (Å²) < 4.78 is 23.8. The first-order valence-electron chi connectivity index (χ1n) is 5.37. The van der Waals surface area contributed by atoms with Crippen LogP contribution in [0.15, 0.2) is 14.5 Å². The Morgan fingerprint density at radius 2 is 2.22 bits per heavy atom. The largest absolute Gasteiger partial charge is 0.349 e. The van der Waals surface area contributed by atoms with Crippen molar-refractivity contribution in [1.82, 2.24) is 5.32 Å². The first-order valence-corrected chi connectivity index (χ1v) is 8.62. The molecule has 1 aromatic rings. The van der Waals surface area contributed by atoms with E-state index in [0.717, 1.165) is 16.2 Å². The van der Waals surface area contributed by atoms with Crippen molar-refractivity contribution in [2.45, 2.75) is 40.0 Å². The zero-order chi connectivity index (χ0) is 13.5. The summed E-state index contributed by atoms with van der Waals surface area (Å²) in [7, 11) is -3.67. The van der Waals surface area contributed by atoms with Crippen LogP contribution in [-0.2, 0) is 14.8 Å². The molecule has 2 heterocycles. The Morgan fingerprint density at radius 1 is 1.56 bits per heavy atom. The number of fused-ring (bicyclic) bond motifs is 1. The standard InChI is InChI=1S/C10H14N2O3S3/c1-5-3-8(12-6(2)13)7-4-9(18(11,14)15)17-10(7)16-5/h4-5,8H,3H2,1-2H3,(H,12,13)(H2,11,14,15). The third-order valence-electron chi connectivity index (χ3n) is 2.61. The summed E-state index contributed by atoms with van der Waals surface area (Å²) >= 11 is 2.80. The maximum atomic E-state index is 11.4. The van der Waals surface area contributed by atoms with Gasteiger partial charge in [0.15, 0.2) is 0 Å². The molecule has 18 heavy (non-hydrogen) atoms. The first-order chi connectivity index (χ1) is 8.27. The molecule has 0 spiro atoms. The maximum Gasteiger partial charge on any atom is 0.247 e. The number of thiophene rings is 1. The first kappa shape index (κ1) is 13.9. The number of carbonyl (C=O) groups is 1. The fourth-order valence-electron chi connectivity index (χ4n) is 1.91. The molecule has 0 aliphatic carbocycles. The van der Waals surface area contributed by atoms with Crippen molar-refractivity contribution in [3.63, 3.8) is 0 Å². The zero-order valence-corrected chi connectivity index (χ0v) is 12.4. The fourth-order valence-corrected chi connectivity index (χ4v) is 5.71. The second kappa shape index (κ2) is 4.84. The third kappa shape index (κ3) is 2.87. The highest BCUT2D eigenvalue weighted by Crippen LogP contribution is 2.46. The van der Waals surface area contributed by atoms with Crippen molar-refractivity contribution in [3.8, 4) is 0 Å². The SMILES string of the molecule is CC(=O)NC1CC(C)Sc2sc(S(N)(=O)=O)cc21. The average Bonchev–Trinajstić information content (AvgIpc) is 2.59. The molecule has 1 aliphatic heterocycles. The Labute approximate surface area is 114 Å². The molecule has 1 amide bonds. The quantitative estimate of drug-likeness (QED) is 0.865. The molecule has 0 bridgehead atoms. The van der Waals surface area contributed by atoms with Gasteiger partial charge in [-0.1, -0.05) is 6.92 Å². The van der Waals surface area contributed by atoms with Crippen molar-refractivity contribution < 1.29 is 13.2 Å². The molecule has 3 N–H and O–H groups in total. The minimum absolute atomic E-state index is 0.117. The summed E-state index contributed by atoms with van der Waals surface area (Å²) in [4.78, 5) is 11.2. The van der Waals surface area contributed by atoms with Crippen LogP contribution < -0.4 is 10.5 Å². The van der Waals surface area contributed by atoms with E-state index in [0.29, 0.717) is 5.25 Å². The highest BCUT2D eigenvalue weighted by molar-refractivity contribution is 8.02. The molecule has 1 aromatic heterocycles. The van der Waals surface area contributed by atoms with Crippen molar-refractivity contribution in [1.29, 1.82) is 0 Å². The number of carbonyl (C=O) groups excluding carboxylic acids is 1. The summed E-state index contributed by atoms with van der Waals surface area (Å²) in [5, 5.41) is 8.32. The topological polar surface area (TPSA) is 89.3 Å². The lowest BCUT2D eigenvalue weighted by atomic mass is 10.1. The van der Waals surface area contributed by atoms with Crippen LogP contribution in [-0.4, -0.2) is 19.6 Å². The Kier molecular flexibility index (Phi) is 3.72. The summed E-state index contributed by atoms with van der Waals surface area (Å²) in [6.45, 7) is 3.51. The minimum Gasteiger partial charge on any atom is -0.349 e. The van der Waals surface area contributed by atoms with E-state index in [-0.39, 0.29) is 16.2 Å². The van der Waals surface area contributed by atoms with Gasteiger partial charge in [0, 0.05) is 17.7 Å². The molecule has 2 unspecified atom stereocenters. The molecule has 0 fully saturated rings. The van der Waals surface area contributed by atoms with Gasteiger partial charge in [-0.3, -0.25) is 4.79 Å². The molecule has 100 valence electrons. The lowest BCUT2D eigenvalue weighted by molar-refractivity contribution is -0.119. The molecule has 0 radical (unpaired) electrons. The third-order valence-corrected chi connectivity index (χ3v) is 6.56. The highest BCUT2D eigenvalue weighted by atomic mass is 32.3. The van der Waals surface area contributed by atoms with Gasteiger partial charge in [-0.15, -0.1) is 23.1 Å². The number of sulfonamides is 1. The van der Waals surface area contributed by atoms with E-state index < -0.39 is 10.0 Å². The van der Waals surface area contributed by atoms with Gasteiger partial charge in [0.05, 0.1) is 10.3 Å². The second-order valence-electron chi connectivity index (χ2n) is 4.27. The number of hydrogen-bond donors (Lipinski definition) is 2. The van der Waals surface area contributed by atoms with Gasteiger partial charge in [0.1, 0.15) is 4.21 Å². The van der Waals surface area contributed by atoms with E-state index in [1.165, 1.54) is 18.3 Å². The predicted octanol–water partition coefficient (Wildman–Crippen LogP) is 1.46. The van der Waals surface area contributed by atoms with Gasteiger partial charge in [0.2, 0.25) is 15.9 Å². The summed E-state index contributed by atoms with van der Waals surface area (Å²) in [6, 6.07) is 1.45. The molecular weight excluding hydrogens is 292 g/mol. The Bertz CT molecular complexity index is 579. The number of nitrogens with two attached hydrogens (primary N) is 1. The van der Waals surface area contributed by atoms with Crippen LogP contribution in [0.5, 0.6) is 0 Å². The number of amides is 1. The Morgan fingerprint density at radius 3 is 2.78 bits per heavy atom. The van der Waals surface area contributed by atoms with Gasteiger partial charge in [-0.2, -0.15) is 0 Å². The smallest absolute Gasteiger partial charge is 0.247 e. The van der Waals surface area contributed by atoms with Crippen LogP contribution in [0.2, 0.25) is 0 Å². The Hall–Kier alpha value is -0.570. The second-order valence-corrected chi connectivity index (χ2v) is 8.82. The maximum absolute atomic E-state index is 11.4. The lowest BCUT2D eigenvalue weighted by Gasteiger charge is -2.26. The normalized spacial score (nSPS) is 23.5. The number of thioether (sulfide) groups is 1. The van der Waals surface area contributed by atoms with Crippen LogP contribution in [0.25, 0.3) is 0 Å². The summed E-state index contributed by atoms with van der Waals surface area (Å²) in [5.74, 6) is -0.117. The fraction of sp³-hybridized carbons (Fsp3) is 0.500. The van der Waals surface area contributed by atoms with E-state index in [1.807, 2.05) is 0 Å². The molecular formula is C10H14N2O3S3. The zero-order valence-electron chi connectivity index (χ0n) is 9.97. The van der Waals surface area contributed by atoms with E-state index in [1.54, 1.807) is 17.8 Å². The molecule has 8 heteroatoms. The monoisotopic (exact) mass is 306 g/mol. The number of primary sulfonamides is 1.